The predicted molar refractivity (Wildman–Crippen MR) is 78.3 cm³/mol. The minimum absolute atomic E-state index is 0.257. The average Bonchev–Trinajstić information content (AvgIpc) is 2.74. The molecule has 1 aromatic carbocycles. The van der Waals surface area contributed by atoms with Crippen LogP contribution in [-0.4, -0.2) is 30.3 Å². The van der Waals surface area contributed by atoms with Gasteiger partial charge in [0.15, 0.2) is 0 Å². The molecule has 0 radical (unpaired) electrons. The number of carbonyl (C=O) groups is 1. The van der Waals surface area contributed by atoms with Crippen molar-refractivity contribution in [2.24, 2.45) is 5.41 Å². The lowest BCUT2D eigenvalue weighted by Gasteiger charge is -2.27. The van der Waals surface area contributed by atoms with Gasteiger partial charge in [-0.2, -0.15) is 0 Å². The third kappa shape index (κ3) is 3.73. The van der Waals surface area contributed by atoms with Gasteiger partial charge < -0.3 is 15.2 Å². The van der Waals surface area contributed by atoms with E-state index in [-0.39, 0.29) is 5.56 Å². The largest absolute Gasteiger partial charge is 0.492 e. The summed E-state index contributed by atoms with van der Waals surface area (Å²) >= 11 is 0. The number of hydrogen-bond donors (Lipinski definition) is 2. The van der Waals surface area contributed by atoms with E-state index in [2.05, 4.69) is 19.2 Å². The monoisotopic (exact) mass is 277 g/mol. The molecule has 1 fully saturated rings. The van der Waals surface area contributed by atoms with Crippen molar-refractivity contribution in [2.75, 3.05) is 13.2 Å². The molecule has 2 rings (SSSR count). The fraction of sp³-hybridized carbons (Fsp3) is 0.562. The Morgan fingerprint density at radius 1 is 1.50 bits per heavy atom. The maximum atomic E-state index is 10.9. The summed E-state index contributed by atoms with van der Waals surface area (Å²) in [5.74, 6) is -0.321. The number of carboxylic acid groups (broad SMARTS) is 1. The van der Waals surface area contributed by atoms with Crippen molar-refractivity contribution >= 4 is 5.97 Å². The van der Waals surface area contributed by atoms with Gasteiger partial charge in [0.25, 0.3) is 0 Å². The van der Waals surface area contributed by atoms with Crippen molar-refractivity contribution in [3.63, 3.8) is 0 Å². The highest BCUT2D eigenvalue weighted by atomic mass is 16.5. The second-order valence-electron chi connectivity index (χ2n) is 6.07. The van der Waals surface area contributed by atoms with Crippen molar-refractivity contribution in [1.82, 2.24) is 5.32 Å². The van der Waals surface area contributed by atoms with Crippen LogP contribution >= 0.6 is 0 Å². The van der Waals surface area contributed by atoms with Crippen LogP contribution < -0.4 is 10.1 Å². The molecule has 4 nitrogen and oxygen atoms in total. The summed E-state index contributed by atoms with van der Waals surface area (Å²) in [5.41, 5.74) is 0.621. The van der Waals surface area contributed by atoms with Crippen molar-refractivity contribution in [1.29, 1.82) is 0 Å². The van der Waals surface area contributed by atoms with Crippen molar-refractivity contribution < 1.29 is 14.6 Å². The Hall–Kier alpha value is -1.55. The molecule has 1 aliphatic rings. The number of benzene rings is 1. The van der Waals surface area contributed by atoms with Gasteiger partial charge in [0.05, 0.1) is 5.56 Å². The van der Waals surface area contributed by atoms with Crippen molar-refractivity contribution in [3.05, 3.63) is 29.8 Å². The molecule has 1 atom stereocenters. The predicted octanol–water partition coefficient (Wildman–Crippen LogP) is 2.93. The van der Waals surface area contributed by atoms with Gasteiger partial charge >= 0.3 is 5.97 Å². The van der Waals surface area contributed by atoms with Crippen molar-refractivity contribution in [3.8, 4) is 5.75 Å². The smallest absolute Gasteiger partial charge is 0.335 e. The Kier molecular flexibility index (Phi) is 4.65. The first-order valence-corrected chi connectivity index (χ1v) is 7.18. The van der Waals surface area contributed by atoms with Gasteiger partial charge in [0.1, 0.15) is 12.4 Å². The van der Waals surface area contributed by atoms with Crippen LogP contribution in [0.1, 0.15) is 43.5 Å². The van der Waals surface area contributed by atoms with Gasteiger partial charge in [0, 0.05) is 12.6 Å². The van der Waals surface area contributed by atoms with Gasteiger partial charge in [-0.15, -0.1) is 0 Å². The molecule has 2 N–H and O–H groups in total. The number of carboxylic acids is 1. The minimum Gasteiger partial charge on any atom is -0.492 e. The zero-order valence-electron chi connectivity index (χ0n) is 12.2. The minimum atomic E-state index is -0.929. The lowest BCUT2D eigenvalue weighted by atomic mass is 9.87. The van der Waals surface area contributed by atoms with Crippen LogP contribution in [0.2, 0.25) is 0 Å². The van der Waals surface area contributed by atoms with Crippen molar-refractivity contribution in [2.45, 2.75) is 39.2 Å². The molecule has 0 spiro atoms. The Morgan fingerprint density at radius 2 is 2.30 bits per heavy atom. The van der Waals surface area contributed by atoms with Crippen LogP contribution in [0, 0.1) is 5.41 Å². The molecule has 1 aromatic rings. The van der Waals surface area contributed by atoms with Gasteiger partial charge in [-0.3, -0.25) is 0 Å². The summed E-state index contributed by atoms with van der Waals surface area (Å²) in [6.07, 6.45) is 3.78. The molecule has 0 heterocycles. The van der Waals surface area contributed by atoms with Gasteiger partial charge in [-0.1, -0.05) is 26.3 Å². The van der Waals surface area contributed by atoms with E-state index in [1.54, 1.807) is 24.3 Å². The van der Waals surface area contributed by atoms with Crippen LogP contribution in [0.25, 0.3) is 0 Å². The topological polar surface area (TPSA) is 58.6 Å². The number of rotatable bonds is 6. The van der Waals surface area contributed by atoms with E-state index in [1.165, 1.54) is 19.3 Å². The van der Waals surface area contributed by atoms with Crippen LogP contribution in [0.3, 0.4) is 0 Å². The summed E-state index contributed by atoms with van der Waals surface area (Å²) in [6, 6.07) is 7.16. The summed E-state index contributed by atoms with van der Waals surface area (Å²) in [4.78, 5) is 10.9. The van der Waals surface area contributed by atoms with E-state index in [0.717, 1.165) is 6.54 Å². The molecular weight excluding hydrogens is 254 g/mol. The van der Waals surface area contributed by atoms with Gasteiger partial charge in [0.2, 0.25) is 0 Å². The van der Waals surface area contributed by atoms with Crippen LogP contribution in [0.15, 0.2) is 24.3 Å². The normalized spacial score (nSPS) is 20.8. The molecule has 20 heavy (non-hydrogen) atoms. The molecule has 0 bridgehead atoms. The number of hydrogen-bond acceptors (Lipinski definition) is 3. The summed E-state index contributed by atoms with van der Waals surface area (Å²) in [6.45, 7) is 5.94. The average molecular weight is 277 g/mol. The fourth-order valence-corrected chi connectivity index (χ4v) is 2.83. The lowest BCUT2D eigenvalue weighted by molar-refractivity contribution is 0.0696. The molecular formula is C16H23NO3. The first-order chi connectivity index (χ1) is 9.49. The molecule has 0 aromatic heterocycles. The zero-order valence-corrected chi connectivity index (χ0v) is 12.2. The Labute approximate surface area is 120 Å². The van der Waals surface area contributed by atoms with Gasteiger partial charge in [-0.25, -0.2) is 4.79 Å². The first-order valence-electron chi connectivity index (χ1n) is 7.18. The van der Waals surface area contributed by atoms with Gasteiger partial charge in [-0.05, 0) is 36.5 Å². The summed E-state index contributed by atoms with van der Waals surface area (Å²) in [7, 11) is 0. The Balaban J connectivity index is 1.76. The van der Waals surface area contributed by atoms with E-state index >= 15 is 0 Å². The zero-order chi connectivity index (χ0) is 14.6. The molecule has 1 saturated carbocycles. The highest BCUT2D eigenvalue weighted by Crippen LogP contribution is 2.36. The fourth-order valence-electron chi connectivity index (χ4n) is 2.83. The molecule has 110 valence electrons. The quantitative estimate of drug-likeness (QED) is 0.785. The SMILES string of the molecule is CC1(C)CCCC1NCCOc1cccc(C(=O)O)c1. The molecule has 1 aliphatic carbocycles. The summed E-state index contributed by atoms with van der Waals surface area (Å²) < 4.78 is 5.60. The van der Waals surface area contributed by atoms with Crippen LogP contribution in [0.5, 0.6) is 5.75 Å². The number of aromatic carboxylic acids is 1. The molecule has 1 unspecified atom stereocenters. The second-order valence-corrected chi connectivity index (χ2v) is 6.07. The van der Waals surface area contributed by atoms with E-state index < -0.39 is 5.97 Å². The van der Waals surface area contributed by atoms with Crippen LogP contribution in [-0.2, 0) is 0 Å². The standard InChI is InChI=1S/C16H23NO3/c1-16(2)8-4-7-14(16)17-9-10-20-13-6-3-5-12(11-13)15(18)19/h3,5-6,11,14,17H,4,7-10H2,1-2H3,(H,18,19). The maximum Gasteiger partial charge on any atom is 0.335 e. The Bertz CT molecular complexity index is 471. The highest BCUT2D eigenvalue weighted by molar-refractivity contribution is 5.87. The highest BCUT2D eigenvalue weighted by Gasteiger charge is 2.33. The van der Waals surface area contributed by atoms with E-state index in [4.69, 9.17) is 9.84 Å². The second kappa shape index (κ2) is 6.27. The molecule has 4 heteroatoms. The van der Waals surface area contributed by atoms with E-state index in [0.29, 0.717) is 23.8 Å². The molecule has 0 amide bonds. The maximum absolute atomic E-state index is 10.9. The summed E-state index contributed by atoms with van der Waals surface area (Å²) in [5, 5.41) is 12.5. The third-order valence-electron chi connectivity index (χ3n) is 4.10. The first kappa shape index (κ1) is 14.9. The lowest BCUT2D eigenvalue weighted by Crippen LogP contribution is -2.39. The van der Waals surface area contributed by atoms with Crippen LogP contribution in [0.4, 0.5) is 0 Å². The Morgan fingerprint density at radius 3 is 2.95 bits per heavy atom. The number of nitrogens with one attached hydrogen (secondary N) is 1. The van der Waals surface area contributed by atoms with E-state index in [1.807, 2.05) is 0 Å². The van der Waals surface area contributed by atoms with E-state index in [9.17, 15) is 4.79 Å². The molecule has 0 saturated heterocycles. The number of ether oxygens (including phenoxy) is 1. The molecule has 0 aliphatic heterocycles. The third-order valence-corrected chi connectivity index (χ3v) is 4.10.